The zero-order chi connectivity index (χ0) is 20.4. The number of nitrogens with one attached hydrogen (secondary N) is 1. The van der Waals surface area contributed by atoms with Gasteiger partial charge in [0.15, 0.2) is 11.9 Å². The minimum absolute atomic E-state index is 0.189. The molecule has 1 aliphatic rings. The number of Topliss-reactive ketones (excluding diaryl/α,β-unsaturated/α-hetero) is 1. The highest BCUT2D eigenvalue weighted by atomic mass is 19.1. The van der Waals surface area contributed by atoms with Gasteiger partial charge in [-0.1, -0.05) is 12.1 Å². The highest BCUT2D eigenvalue weighted by Crippen LogP contribution is 2.33. The van der Waals surface area contributed by atoms with Crippen molar-refractivity contribution in [1.82, 2.24) is 10.1 Å². The van der Waals surface area contributed by atoms with E-state index in [9.17, 15) is 9.18 Å². The van der Waals surface area contributed by atoms with Gasteiger partial charge in [0.2, 0.25) is 5.82 Å². The van der Waals surface area contributed by atoms with Crippen LogP contribution < -0.4 is 10.1 Å². The first-order valence-electron chi connectivity index (χ1n) is 9.71. The van der Waals surface area contributed by atoms with Crippen LogP contribution in [-0.4, -0.2) is 23.0 Å². The number of halogens is 1. The topological polar surface area (TPSA) is 77.2 Å². The molecule has 0 spiro atoms. The number of anilines is 1. The van der Waals surface area contributed by atoms with Crippen molar-refractivity contribution in [3.05, 3.63) is 59.7 Å². The van der Waals surface area contributed by atoms with Crippen LogP contribution in [0.25, 0.3) is 11.4 Å². The molecule has 4 rings (SSSR count). The third-order valence-electron chi connectivity index (χ3n) is 4.95. The van der Waals surface area contributed by atoms with Crippen molar-refractivity contribution >= 4 is 11.5 Å². The summed E-state index contributed by atoms with van der Waals surface area (Å²) in [6.07, 6.45) is 2.13. The molecule has 0 aliphatic heterocycles. The number of ether oxygens (including phenoxy) is 1. The second kappa shape index (κ2) is 8.03. The standard InChI is InChI=1S/C22H22FN3O3/c1-3-19(28-16-9-6-14(7-10-16)20(27)13-4-5-13)22-25-21(26-29-22)15-8-11-18(24-2)17(23)12-15/h6-13,19,24H,3-5H2,1-2H3. The largest absolute Gasteiger partial charge is 0.481 e. The Morgan fingerprint density at radius 1 is 1.28 bits per heavy atom. The smallest absolute Gasteiger partial charge is 0.268 e. The second-order valence-corrected chi connectivity index (χ2v) is 7.08. The van der Waals surface area contributed by atoms with Crippen LogP contribution in [0.1, 0.15) is 48.5 Å². The number of aromatic nitrogens is 2. The Bertz CT molecular complexity index is 1010. The molecule has 0 bridgehead atoms. The van der Waals surface area contributed by atoms with E-state index in [-0.39, 0.29) is 17.5 Å². The lowest BCUT2D eigenvalue weighted by Crippen LogP contribution is -2.07. The van der Waals surface area contributed by atoms with Crippen LogP contribution in [0, 0.1) is 11.7 Å². The van der Waals surface area contributed by atoms with Crippen LogP contribution in [0.3, 0.4) is 0 Å². The SMILES string of the molecule is CCC(Oc1ccc(C(=O)C2CC2)cc1)c1nc(-c2ccc(NC)c(F)c2)no1. The van der Waals surface area contributed by atoms with E-state index in [4.69, 9.17) is 9.26 Å². The molecule has 0 amide bonds. The molecule has 1 N–H and O–H groups in total. The normalized spacial score (nSPS) is 14.4. The van der Waals surface area contributed by atoms with Gasteiger partial charge in [-0.05, 0) is 61.7 Å². The van der Waals surface area contributed by atoms with E-state index in [0.29, 0.717) is 40.7 Å². The fraction of sp³-hybridized carbons (Fsp3) is 0.318. The molecule has 1 heterocycles. The maximum Gasteiger partial charge on any atom is 0.268 e. The summed E-state index contributed by atoms with van der Waals surface area (Å²) < 4.78 is 25.3. The number of hydrogen-bond donors (Lipinski definition) is 1. The maximum atomic E-state index is 14.0. The number of nitrogens with zero attached hydrogens (tertiary/aromatic N) is 2. The van der Waals surface area contributed by atoms with Crippen LogP contribution in [0.4, 0.5) is 10.1 Å². The highest BCUT2D eigenvalue weighted by Gasteiger charge is 2.30. The average molecular weight is 395 g/mol. The molecule has 1 aromatic heterocycles. The summed E-state index contributed by atoms with van der Waals surface area (Å²) in [6.45, 7) is 1.95. The quantitative estimate of drug-likeness (QED) is 0.539. The maximum absolute atomic E-state index is 14.0. The number of hydrogen-bond acceptors (Lipinski definition) is 6. The lowest BCUT2D eigenvalue weighted by molar-refractivity contribution is 0.0967. The van der Waals surface area contributed by atoms with Gasteiger partial charge < -0.3 is 14.6 Å². The van der Waals surface area contributed by atoms with Crippen molar-refractivity contribution in [3.8, 4) is 17.1 Å². The first-order chi connectivity index (χ1) is 14.1. The van der Waals surface area contributed by atoms with Gasteiger partial charge in [0.25, 0.3) is 5.89 Å². The van der Waals surface area contributed by atoms with Crippen molar-refractivity contribution in [1.29, 1.82) is 0 Å². The van der Waals surface area contributed by atoms with Crippen LogP contribution in [0.5, 0.6) is 5.75 Å². The Morgan fingerprint density at radius 3 is 2.66 bits per heavy atom. The van der Waals surface area contributed by atoms with E-state index in [1.807, 2.05) is 6.92 Å². The number of carbonyl (C=O) groups is 1. The molecule has 3 aromatic rings. The van der Waals surface area contributed by atoms with Gasteiger partial charge >= 0.3 is 0 Å². The first-order valence-corrected chi connectivity index (χ1v) is 9.71. The molecule has 2 aromatic carbocycles. The first kappa shape index (κ1) is 19.1. The van der Waals surface area contributed by atoms with Crippen molar-refractivity contribution in [3.63, 3.8) is 0 Å². The van der Waals surface area contributed by atoms with Crippen LogP contribution in [0.2, 0.25) is 0 Å². The lowest BCUT2D eigenvalue weighted by atomic mass is 10.1. The molecule has 0 saturated heterocycles. The summed E-state index contributed by atoms with van der Waals surface area (Å²) >= 11 is 0. The van der Waals surface area contributed by atoms with Crippen molar-refractivity contribution in [2.75, 3.05) is 12.4 Å². The summed E-state index contributed by atoms with van der Waals surface area (Å²) in [5.41, 5.74) is 1.63. The van der Waals surface area contributed by atoms with E-state index < -0.39 is 6.10 Å². The zero-order valence-electron chi connectivity index (χ0n) is 16.3. The molecule has 150 valence electrons. The van der Waals surface area contributed by atoms with E-state index in [1.54, 1.807) is 43.4 Å². The van der Waals surface area contributed by atoms with Gasteiger partial charge in [-0.3, -0.25) is 4.79 Å². The number of carbonyl (C=O) groups excluding carboxylic acids is 1. The van der Waals surface area contributed by atoms with Crippen molar-refractivity contribution in [2.24, 2.45) is 5.92 Å². The molecule has 1 aliphatic carbocycles. The molecular formula is C22H22FN3O3. The Morgan fingerprint density at radius 2 is 2.03 bits per heavy atom. The molecule has 6 nitrogen and oxygen atoms in total. The van der Waals surface area contributed by atoms with Crippen LogP contribution in [0.15, 0.2) is 47.0 Å². The molecule has 29 heavy (non-hydrogen) atoms. The fourth-order valence-corrected chi connectivity index (χ4v) is 3.09. The number of benzene rings is 2. The zero-order valence-corrected chi connectivity index (χ0v) is 16.3. The average Bonchev–Trinajstić information content (AvgIpc) is 3.48. The Hall–Kier alpha value is -3.22. The van der Waals surface area contributed by atoms with E-state index >= 15 is 0 Å². The highest BCUT2D eigenvalue weighted by molar-refractivity contribution is 5.99. The predicted molar refractivity (Wildman–Crippen MR) is 106 cm³/mol. The molecular weight excluding hydrogens is 373 g/mol. The predicted octanol–water partition coefficient (Wildman–Crippen LogP) is 5.04. The van der Waals surface area contributed by atoms with E-state index in [2.05, 4.69) is 15.5 Å². The lowest BCUT2D eigenvalue weighted by Gasteiger charge is -2.13. The molecule has 0 radical (unpaired) electrons. The second-order valence-electron chi connectivity index (χ2n) is 7.08. The summed E-state index contributed by atoms with van der Waals surface area (Å²) in [4.78, 5) is 16.5. The van der Waals surface area contributed by atoms with Gasteiger partial charge in [0, 0.05) is 24.1 Å². The summed E-state index contributed by atoms with van der Waals surface area (Å²) in [6, 6.07) is 11.8. The van der Waals surface area contributed by atoms with Gasteiger partial charge in [-0.25, -0.2) is 4.39 Å². The number of ketones is 1. The Kier molecular flexibility index (Phi) is 5.29. The van der Waals surface area contributed by atoms with Gasteiger partial charge in [-0.2, -0.15) is 4.98 Å². The third kappa shape index (κ3) is 4.13. The molecule has 1 fully saturated rings. The fourth-order valence-electron chi connectivity index (χ4n) is 3.09. The van der Waals surface area contributed by atoms with Crippen LogP contribution in [-0.2, 0) is 0 Å². The monoisotopic (exact) mass is 395 g/mol. The van der Waals surface area contributed by atoms with Crippen LogP contribution >= 0.6 is 0 Å². The third-order valence-corrected chi connectivity index (χ3v) is 4.95. The van der Waals surface area contributed by atoms with Crippen molar-refractivity contribution in [2.45, 2.75) is 32.3 Å². The molecule has 1 saturated carbocycles. The summed E-state index contributed by atoms with van der Waals surface area (Å²) in [5, 5.41) is 6.73. The Balaban J connectivity index is 1.48. The summed E-state index contributed by atoms with van der Waals surface area (Å²) in [5.74, 6) is 1.23. The molecule has 1 atom stereocenters. The Labute approximate surface area is 168 Å². The van der Waals surface area contributed by atoms with E-state index in [0.717, 1.165) is 12.8 Å². The minimum Gasteiger partial charge on any atom is -0.481 e. The molecule has 1 unspecified atom stereocenters. The summed E-state index contributed by atoms with van der Waals surface area (Å²) in [7, 11) is 1.65. The van der Waals surface area contributed by atoms with Gasteiger partial charge in [0.1, 0.15) is 11.6 Å². The van der Waals surface area contributed by atoms with Crippen molar-refractivity contribution < 1.29 is 18.4 Å². The van der Waals surface area contributed by atoms with Gasteiger partial charge in [-0.15, -0.1) is 0 Å². The minimum atomic E-state index is -0.442. The van der Waals surface area contributed by atoms with E-state index in [1.165, 1.54) is 6.07 Å². The molecule has 7 heteroatoms. The van der Waals surface area contributed by atoms with Gasteiger partial charge in [0.05, 0.1) is 5.69 Å². The number of rotatable bonds is 8.